The van der Waals surface area contributed by atoms with Gasteiger partial charge in [-0.15, -0.1) is 11.8 Å². The van der Waals surface area contributed by atoms with Gasteiger partial charge in [0.2, 0.25) is 5.91 Å². The molecular formula is C20H27N3O3S. The van der Waals surface area contributed by atoms with E-state index in [-0.39, 0.29) is 22.8 Å². The number of nitrogens with one attached hydrogen (secondary N) is 2. The molecule has 2 N–H and O–H groups in total. The summed E-state index contributed by atoms with van der Waals surface area (Å²) in [6, 6.07) is 7.97. The van der Waals surface area contributed by atoms with Crippen LogP contribution in [0.15, 0.2) is 29.1 Å². The Hall–Kier alpha value is -2.15. The molecule has 2 aromatic rings. The van der Waals surface area contributed by atoms with Gasteiger partial charge in [0.1, 0.15) is 11.6 Å². The third-order valence-corrected chi connectivity index (χ3v) is 6.10. The number of carbonyl (C=O) groups excluding carboxylic acids is 1. The highest BCUT2D eigenvalue weighted by atomic mass is 32.2. The standard InChI is InChI=1S/C20H27N3O3S/c1-4-11-26-15-9-7-13(8-10-15)18-17-19(21-16(24)12-27-18)23(22-20(17)25)14(5-2)6-3/h7-10,14,18H,4-6,11-12H2,1-3H3,(H,21,24)(H,22,25)/t18-/m1/s1. The van der Waals surface area contributed by atoms with Crippen molar-refractivity contribution in [3.63, 3.8) is 0 Å². The molecule has 0 unspecified atom stereocenters. The van der Waals surface area contributed by atoms with Crippen LogP contribution in [0.5, 0.6) is 5.75 Å². The third-order valence-electron chi connectivity index (χ3n) is 4.83. The normalized spacial score (nSPS) is 16.7. The Labute approximate surface area is 163 Å². The number of aromatic nitrogens is 2. The molecule has 1 amide bonds. The molecule has 7 heteroatoms. The van der Waals surface area contributed by atoms with Gasteiger partial charge in [-0.3, -0.25) is 19.4 Å². The molecule has 1 aromatic carbocycles. The van der Waals surface area contributed by atoms with Crippen LogP contribution >= 0.6 is 11.8 Å². The molecule has 6 nitrogen and oxygen atoms in total. The SMILES string of the molecule is CCCOc1ccc([C@H]2SCC(=O)Nc3c2c(=O)[nH]n3C(CC)CC)cc1. The maximum atomic E-state index is 12.8. The van der Waals surface area contributed by atoms with Gasteiger partial charge in [-0.25, -0.2) is 0 Å². The van der Waals surface area contributed by atoms with Crippen molar-refractivity contribution in [2.75, 3.05) is 17.7 Å². The molecule has 0 aliphatic carbocycles. The van der Waals surface area contributed by atoms with Gasteiger partial charge in [-0.05, 0) is 37.0 Å². The molecule has 27 heavy (non-hydrogen) atoms. The van der Waals surface area contributed by atoms with E-state index in [1.165, 1.54) is 11.8 Å². The van der Waals surface area contributed by atoms with Gasteiger partial charge in [-0.1, -0.05) is 32.9 Å². The minimum atomic E-state index is -0.196. The zero-order chi connectivity index (χ0) is 19.4. The second-order valence-electron chi connectivity index (χ2n) is 6.70. The maximum absolute atomic E-state index is 12.8. The highest BCUT2D eigenvalue weighted by Crippen LogP contribution is 2.41. The van der Waals surface area contributed by atoms with Crippen molar-refractivity contribution in [3.05, 3.63) is 45.7 Å². The van der Waals surface area contributed by atoms with Crippen LogP contribution in [0.2, 0.25) is 0 Å². The summed E-state index contributed by atoms with van der Waals surface area (Å²) in [5.74, 6) is 1.66. The minimum absolute atomic E-state index is 0.0784. The first-order valence-corrected chi connectivity index (χ1v) is 10.6. The zero-order valence-corrected chi connectivity index (χ0v) is 16.9. The second-order valence-corrected chi connectivity index (χ2v) is 7.79. The van der Waals surface area contributed by atoms with Crippen molar-refractivity contribution in [1.82, 2.24) is 9.78 Å². The largest absolute Gasteiger partial charge is 0.494 e. The highest BCUT2D eigenvalue weighted by molar-refractivity contribution is 8.00. The summed E-state index contributed by atoms with van der Waals surface area (Å²) in [6.45, 7) is 6.91. The van der Waals surface area contributed by atoms with Crippen LogP contribution < -0.4 is 15.6 Å². The van der Waals surface area contributed by atoms with E-state index < -0.39 is 0 Å². The summed E-state index contributed by atoms with van der Waals surface area (Å²) < 4.78 is 7.49. The number of anilines is 1. The number of fused-ring (bicyclic) bond motifs is 1. The molecule has 1 atom stereocenters. The van der Waals surface area contributed by atoms with Gasteiger partial charge in [0.15, 0.2) is 0 Å². The molecule has 0 radical (unpaired) electrons. The Morgan fingerprint density at radius 2 is 1.89 bits per heavy atom. The number of ether oxygens (including phenoxy) is 1. The van der Waals surface area contributed by atoms with E-state index in [1.807, 2.05) is 28.9 Å². The molecular weight excluding hydrogens is 362 g/mol. The van der Waals surface area contributed by atoms with Crippen LogP contribution in [0.4, 0.5) is 5.82 Å². The van der Waals surface area contributed by atoms with E-state index in [0.717, 1.165) is 30.6 Å². The van der Waals surface area contributed by atoms with Crippen LogP contribution in [0.1, 0.15) is 62.5 Å². The molecule has 2 heterocycles. The first-order valence-electron chi connectivity index (χ1n) is 9.57. The fourth-order valence-electron chi connectivity index (χ4n) is 3.39. The highest BCUT2D eigenvalue weighted by Gasteiger charge is 2.31. The van der Waals surface area contributed by atoms with Crippen LogP contribution in [-0.4, -0.2) is 28.0 Å². The molecule has 1 aromatic heterocycles. The lowest BCUT2D eigenvalue weighted by Gasteiger charge is -2.18. The molecule has 0 saturated carbocycles. The number of rotatable bonds is 7. The van der Waals surface area contributed by atoms with Crippen molar-refractivity contribution < 1.29 is 9.53 Å². The maximum Gasteiger partial charge on any atom is 0.270 e. The fourth-order valence-corrected chi connectivity index (χ4v) is 4.52. The van der Waals surface area contributed by atoms with Crippen molar-refractivity contribution >= 4 is 23.5 Å². The summed E-state index contributed by atoms with van der Waals surface area (Å²) in [6.07, 6.45) is 2.71. The van der Waals surface area contributed by atoms with Crippen LogP contribution in [0.25, 0.3) is 0 Å². The number of H-pyrrole nitrogens is 1. The van der Waals surface area contributed by atoms with Gasteiger partial charge in [0, 0.05) is 0 Å². The summed E-state index contributed by atoms with van der Waals surface area (Å²) in [7, 11) is 0. The number of hydrogen-bond acceptors (Lipinski definition) is 4. The second kappa shape index (κ2) is 8.69. The van der Waals surface area contributed by atoms with E-state index in [4.69, 9.17) is 4.74 Å². The summed E-state index contributed by atoms with van der Waals surface area (Å²) in [5.41, 5.74) is 1.48. The zero-order valence-electron chi connectivity index (χ0n) is 16.1. The molecule has 146 valence electrons. The third kappa shape index (κ3) is 4.08. The average molecular weight is 390 g/mol. The number of carbonyl (C=O) groups is 1. The van der Waals surface area contributed by atoms with Crippen molar-refractivity contribution in [1.29, 1.82) is 0 Å². The molecule has 3 rings (SSSR count). The number of nitrogens with zero attached hydrogens (tertiary/aromatic N) is 1. The van der Waals surface area contributed by atoms with Gasteiger partial charge >= 0.3 is 0 Å². The molecule has 0 bridgehead atoms. The predicted octanol–water partition coefficient (Wildman–Crippen LogP) is 4.10. The lowest BCUT2D eigenvalue weighted by molar-refractivity contribution is -0.113. The summed E-state index contributed by atoms with van der Waals surface area (Å²) in [4.78, 5) is 25.1. The topological polar surface area (TPSA) is 76.1 Å². The number of hydrogen-bond donors (Lipinski definition) is 2. The van der Waals surface area contributed by atoms with Crippen molar-refractivity contribution in [3.8, 4) is 5.75 Å². The van der Waals surface area contributed by atoms with Crippen molar-refractivity contribution in [2.24, 2.45) is 0 Å². The molecule has 0 spiro atoms. The summed E-state index contributed by atoms with van der Waals surface area (Å²) >= 11 is 1.48. The van der Waals surface area contributed by atoms with Crippen LogP contribution in [0, 0.1) is 0 Å². The van der Waals surface area contributed by atoms with Gasteiger partial charge in [-0.2, -0.15) is 0 Å². The quantitative estimate of drug-likeness (QED) is 0.747. The van der Waals surface area contributed by atoms with E-state index in [0.29, 0.717) is 23.7 Å². The smallest absolute Gasteiger partial charge is 0.270 e. The lowest BCUT2D eigenvalue weighted by Crippen LogP contribution is -2.19. The number of thioether (sulfide) groups is 1. The Morgan fingerprint density at radius 3 is 2.52 bits per heavy atom. The van der Waals surface area contributed by atoms with E-state index in [2.05, 4.69) is 31.2 Å². The van der Waals surface area contributed by atoms with Gasteiger partial charge in [0.25, 0.3) is 5.56 Å². The predicted molar refractivity (Wildman–Crippen MR) is 110 cm³/mol. The van der Waals surface area contributed by atoms with Crippen LogP contribution in [0.3, 0.4) is 0 Å². The van der Waals surface area contributed by atoms with Crippen LogP contribution in [-0.2, 0) is 4.79 Å². The first-order chi connectivity index (χ1) is 13.1. The lowest BCUT2D eigenvalue weighted by atomic mass is 10.1. The fraction of sp³-hybridized carbons (Fsp3) is 0.500. The number of amides is 1. The monoisotopic (exact) mass is 389 g/mol. The van der Waals surface area contributed by atoms with E-state index in [9.17, 15) is 9.59 Å². The Balaban J connectivity index is 2.01. The summed E-state index contributed by atoms with van der Waals surface area (Å²) in [5, 5.41) is 5.70. The molecule has 0 saturated heterocycles. The van der Waals surface area contributed by atoms with Gasteiger partial charge < -0.3 is 10.1 Å². The first kappa shape index (κ1) is 19.6. The molecule has 0 fully saturated rings. The molecule has 1 aliphatic rings. The number of aromatic amines is 1. The Kier molecular flexibility index (Phi) is 6.31. The molecule has 1 aliphatic heterocycles. The van der Waals surface area contributed by atoms with Crippen molar-refractivity contribution in [2.45, 2.75) is 51.3 Å². The average Bonchev–Trinajstić information content (AvgIpc) is 2.87. The number of benzene rings is 1. The minimum Gasteiger partial charge on any atom is -0.494 e. The Bertz CT molecular complexity index is 837. The Morgan fingerprint density at radius 1 is 1.19 bits per heavy atom. The van der Waals surface area contributed by atoms with E-state index >= 15 is 0 Å². The van der Waals surface area contributed by atoms with Gasteiger partial charge in [0.05, 0.1) is 29.2 Å². The van der Waals surface area contributed by atoms with E-state index in [1.54, 1.807) is 0 Å².